The maximum absolute atomic E-state index is 12.0. The van der Waals surface area contributed by atoms with E-state index in [4.69, 9.17) is 14.2 Å². The molecule has 29 heavy (non-hydrogen) atoms. The molecule has 2 aromatic rings. The molecule has 2 rings (SSSR count). The fourth-order valence-corrected chi connectivity index (χ4v) is 2.37. The summed E-state index contributed by atoms with van der Waals surface area (Å²) in [6.45, 7) is 0.938. The number of benzene rings is 2. The van der Waals surface area contributed by atoms with Gasteiger partial charge < -0.3 is 24.8 Å². The van der Waals surface area contributed by atoms with Crippen LogP contribution >= 0.6 is 0 Å². The number of rotatable bonds is 8. The number of carbonyl (C=O) groups is 3. The Kier molecular flexibility index (Phi) is 7.78. The van der Waals surface area contributed by atoms with Gasteiger partial charge in [0.25, 0.3) is 5.91 Å². The van der Waals surface area contributed by atoms with Crippen molar-refractivity contribution in [2.75, 3.05) is 31.5 Å². The highest BCUT2D eigenvalue weighted by molar-refractivity contribution is 5.96. The summed E-state index contributed by atoms with van der Waals surface area (Å²) in [6.07, 6.45) is 2.73. The summed E-state index contributed by atoms with van der Waals surface area (Å²) in [5.74, 6) is -0.243. The van der Waals surface area contributed by atoms with Gasteiger partial charge >= 0.3 is 5.97 Å². The van der Waals surface area contributed by atoms with Crippen LogP contribution in [0.3, 0.4) is 0 Å². The van der Waals surface area contributed by atoms with Crippen molar-refractivity contribution in [1.82, 2.24) is 0 Å². The molecule has 8 heteroatoms. The van der Waals surface area contributed by atoms with Gasteiger partial charge in [0.05, 0.1) is 14.2 Å². The summed E-state index contributed by atoms with van der Waals surface area (Å²) in [5.41, 5.74) is 1.67. The van der Waals surface area contributed by atoms with Crippen LogP contribution in [0.5, 0.6) is 11.5 Å². The number of amides is 2. The van der Waals surface area contributed by atoms with Crippen molar-refractivity contribution in [2.45, 2.75) is 6.92 Å². The van der Waals surface area contributed by atoms with E-state index in [-0.39, 0.29) is 5.91 Å². The zero-order chi connectivity index (χ0) is 21.2. The molecule has 2 amide bonds. The van der Waals surface area contributed by atoms with Crippen molar-refractivity contribution in [3.05, 3.63) is 54.1 Å². The molecule has 0 saturated heterocycles. The first-order chi connectivity index (χ1) is 13.9. The van der Waals surface area contributed by atoms with Gasteiger partial charge in [-0.05, 0) is 36.4 Å². The van der Waals surface area contributed by atoms with Gasteiger partial charge in [0.2, 0.25) is 5.91 Å². The van der Waals surface area contributed by atoms with E-state index in [0.717, 1.165) is 0 Å². The molecule has 2 N–H and O–H groups in total. The Bertz CT molecular complexity index is 923. The molecular weight excluding hydrogens is 376 g/mol. The summed E-state index contributed by atoms with van der Waals surface area (Å²) in [7, 11) is 3.05. The van der Waals surface area contributed by atoms with Crippen molar-refractivity contribution in [3.8, 4) is 11.5 Å². The van der Waals surface area contributed by atoms with Crippen molar-refractivity contribution >= 4 is 35.2 Å². The summed E-state index contributed by atoms with van der Waals surface area (Å²) in [4.78, 5) is 34.9. The number of methoxy groups -OCH3 is 2. The molecule has 0 saturated carbocycles. The topological polar surface area (TPSA) is 103 Å². The maximum atomic E-state index is 12.0. The van der Waals surface area contributed by atoms with Gasteiger partial charge in [0.15, 0.2) is 6.61 Å². The van der Waals surface area contributed by atoms with Crippen LogP contribution in [0.1, 0.15) is 12.5 Å². The van der Waals surface area contributed by atoms with E-state index in [0.29, 0.717) is 28.4 Å². The van der Waals surface area contributed by atoms with Gasteiger partial charge in [-0.25, -0.2) is 4.79 Å². The van der Waals surface area contributed by atoms with Crippen LogP contribution < -0.4 is 20.1 Å². The first-order valence-corrected chi connectivity index (χ1v) is 8.65. The number of esters is 1. The smallest absolute Gasteiger partial charge is 0.331 e. The predicted molar refractivity (Wildman–Crippen MR) is 109 cm³/mol. The normalized spacial score (nSPS) is 10.3. The van der Waals surface area contributed by atoms with E-state index >= 15 is 0 Å². The second kappa shape index (κ2) is 10.5. The van der Waals surface area contributed by atoms with Crippen LogP contribution in [0.4, 0.5) is 11.4 Å². The Morgan fingerprint density at radius 2 is 1.69 bits per heavy atom. The van der Waals surface area contributed by atoms with Crippen molar-refractivity contribution in [3.63, 3.8) is 0 Å². The molecule has 0 heterocycles. The number of carbonyl (C=O) groups excluding carboxylic acids is 3. The number of ether oxygens (including phenoxy) is 3. The minimum atomic E-state index is -0.676. The maximum Gasteiger partial charge on any atom is 0.331 e. The van der Waals surface area contributed by atoms with E-state index in [9.17, 15) is 14.4 Å². The zero-order valence-corrected chi connectivity index (χ0v) is 16.4. The Morgan fingerprint density at radius 1 is 0.966 bits per heavy atom. The summed E-state index contributed by atoms with van der Waals surface area (Å²) in [6, 6.07) is 11.8. The second-order valence-electron chi connectivity index (χ2n) is 5.86. The fourth-order valence-electron chi connectivity index (χ4n) is 2.37. The zero-order valence-electron chi connectivity index (χ0n) is 16.4. The van der Waals surface area contributed by atoms with Gasteiger partial charge in [-0.3, -0.25) is 9.59 Å². The lowest BCUT2D eigenvalue weighted by Crippen LogP contribution is -2.20. The molecule has 0 fully saturated rings. The number of nitrogens with one attached hydrogen (secondary N) is 2. The monoisotopic (exact) mass is 398 g/mol. The standard InChI is InChI=1S/C21H22N2O6/c1-14(24)22-16-5-4-6-17(11-16)23-20(25)13-29-21(26)10-8-15-7-9-18(27-2)12-19(15)28-3/h4-12H,13H2,1-3H3,(H,22,24)(H,23,25)/b10-8+. The highest BCUT2D eigenvalue weighted by atomic mass is 16.5. The molecule has 0 bridgehead atoms. The van der Waals surface area contributed by atoms with Crippen LogP contribution in [0.2, 0.25) is 0 Å². The van der Waals surface area contributed by atoms with Gasteiger partial charge in [-0.1, -0.05) is 6.07 Å². The van der Waals surface area contributed by atoms with Crippen LogP contribution in [0.25, 0.3) is 6.08 Å². The molecule has 0 aromatic heterocycles. The largest absolute Gasteiger partial charge is 0.497 e. The third kappa shape index (κ3) is 7.02. The second-order valence-corrected chi connectivity index (χ2v) is 5.86. The molecule has 152 valence electrons. The van der Waals surface area contributed by atoms with E-state index in [2.05, 4.69) is 10.6 Å². The minimum Gasteiger partial charge on any atom is -0.497 e. The van der Waals surface area contributed by atoms with Crippen LogP contribution in [0.15, 0.2) is 48.5 Å². The van der Waals surface area contributed by atoms with E-state index < -0.39 is 18.5 Å². The lowest BCUT2D eigenvalue weighted by Gasteiger charge is -2.08. The van der Waals surface area contributed by atoms with Crippen molar-refractivity contribution in [1.29, 1.82) is 0 Å². The van der Waals surface area contributed by atoms with Crippen molar-refractivity contribution in [2.24, 2.45) is 0 Å². The van der Waals surface area contributed by atoms with Gasteiger partial charge in [0, 0.05) is 36.0 Å². The number of hydrogen-bond acceptors (Lipinski definition) is 6. The lowest BCUT2D eigenvalue weighted by atomic mass is 10.2. The van der Waals surface area contributed by atoms with Crippen LogP contribution in [0, 0.1) is 0 Å². The van der Waals surface area contributed by atoms with E-state index in [1.165, 1.54) is 26.2 Å². The Morgan fingerprint density at radius 3 is 2.34 bits per heavy atom. The first-order valence-electron chi connectivity index (χ1n) is 8.65. The summed E-state index contributed by atoms with van der Waals surface area (Å²) >= 11 is 0. The molecule has 0 radical (unpaired) electrons. The lowest BCUT2D eigenvalue weighted by molar-refractivity contribution is -0.142. The molecule has 0 aliphatic rings. The highest BCUT2D eigenvalue weighted by Gasteiger charge is 2.08. The third-order valence-electron chi connectivity index (χ3n) is 3.65. The molecule has 0 spiro atoms. The molecular formula is C21H22N2O6. The third-order valence-corrected chi connectivity index (χ3v) is 3.65. The quantitative estimate of drug-likeness (QED) is 0.524. The van der Waals surface area contributed by atoms with E-state index in [1.807, 2.05) is 0 Å². The Labute approximate surface area is 168 Å². The summed E-state index contributed by atoms with van der Waals surface area (Å²) < 4.78 is 15.3. The molecule has 8 nitrogen and oxygen atoms in total. The Balaban J connectivity index is 1.88. The predicted octanol–water partition coefficient (Wildman–Crippen LogP) is 2.86. The highest BCUT2D eigenvalue weighted by Crippen LogP contribution is 2.25. The molecule has 0 aliphatic heterocycles. The van der Waals surface area contributed by atoms with Crippen LogP contribution in [-0.4, -0.2) is 38.6 Å². The Hall–Kier alpha value is -3.81. The summed E-state index contributed by atoms with van der Waals surface area (Å²) in [5, 5.41) is 5.20. The molecule has 0 unspecified atom stereocenters. The van der Waals surface area contributed by atoms with Gasteiger partial charge in [0.1, 0.15) is 11.5 Å². The average Bonchev–Trinajstić information content (AvgIpc) is 2.70. The first kappa shape index (κ1) is 21.5. The SMILES string of the molecule is COc1ccc(/C=C/C(=O)OCC(=O)Nc2cccc(NC(C)=O)c2)c(OC)c1. The van der Waals surface area contributed by atoms with Crippen molar-refractivity contribution < 1.29 is 28.6 Å². The molecule has 0 atom stereocenters. The van der Waals surface area contributed by atoms with Crippen LogP contribution in [-0.2, 0) is 19.1 Å². The number of hydrogen-bond donors (Lipinski definition) is 2. The van der Waals surface area contributed by atoms with E-state index in [1.54, 1.807) is 49.6 Å². The van der Waals surface area contributed by atoms with Gasteiger partial charge in [-0.2, -0.15) is 0 Å². The fraction of sp³-hybridized carbons (Fsp3) is 0.190. The van der Waals surface area contributed by atoms with Gasteiger partial charge in [-0.15, -0.1) is 0 Å². The molecule has 0 aliphatic carbocycles. The minimum absolute atomic E-state index is 0.220. The number of anilines is 2. The molecule has 2 aromatic carbocycles. The average molecular weight is 398 g/mol.